The van der Waals surface area contributed by atoms with E-state index in [1.807, 2.05) is 0 Å². The van der Waals surface area contributed by atoms with E-state index in [9.17, 15) is 4.79 Å². The zero-order valence-corrected chi connectivity index (χ0v) is 32.9. The van der Waals surface area contributed by atoms with Crippen molar-refractivity contribution in [1.29, 1.82) is 0 Å². The van der Waals surface area contributed by atoms with Crippen molar-refractivity contribution in [1.82, 2.24) is 10.2 Å². The van der Waals surface area contributed by atoms with Gasteiger partial charge in [0.1, 0.15) is 0 Å². The quantitative estimate of drug-likeness (QED) is 0.0504. The predicted octanol–water partition coefficient (Wildman–Crippen LogP) is 13.1. The molecule has 0 bridgehead atoms. The van der Waals surface area contributed by atoms with E-state index < -0.39 is 0 Å². The summed E-state index contributed by atoms with van der Waals surface area (Å²) in [5.41, 5.74) is 6.65. The van der Waals surface area contributed by atoms with Crippen LogP contribution in [0.4, 0.5) is 0 Å². The van der Waals surface area contributed by atoms with Crippen LogP contribution in [-0.4, -0.2) is 37.0 Å². The molecule has 3 N–H and O–H groups in total. The summed E-state index contributed by atoms with van der Waals surface area (Å²) in [6.45, 7) is 11.9. The van der Waals surface area contributed by atoms with Crippen molar-refractivity contribution in [2.24, 2.45) is 5.73 Å². The second kappa shape index (κ2) is 40.4. The molecule has 0 aromatic rings. The summed E-state index contributed by atoms with van der Waals surface area (Å²) in [6.07, 6.45) is 52.3. The fraction of sp³-hybridized carbons (Fsp3) is 0.756. The maximum Gasteiger partial charge on any atom is 0.224 e. The highest BCUT2D eigenvalue weighted by atomic mass is 16.2. The molecule has 0 aromatic heterocycles. The summed E-state index contributed by atoms with van der Waals surface area (Å²) in [6, 6.07) is 0. The second-order valence-electron chi connectivity index (χ2n) is 14.1. The van der Waals surface area contributed by atoms with Gasteiger partial charge in [0.2, 0.25) is 5.91 Å². The van der Waals surface area contributed by atoms with Gasteiger partial charge in [0.05, 0.1) is 0 Å². The van der Waals surface area contributed by atoms with Gasteiger partial charge in [-0.1, -0.05) is 146 Å². The van der Waals surface area contributed by atoms with Gasteiger partial charge in [0.25, 0.3) is 0 Å². The molecule has 0 radical (unpaired) electrons. The lowest BCUT2D eigenvalue weighted by Gasteiger charge is -2.23. The smallest absolute Gasteiger partial charge is 0.224 e. The fourth-order valence-electron chi connectivity index (χ4n) is 6.02. The van der Waals surface area contributed by atoms with Crippen molar-refractivity contribution >= 4 is 5.91 Å². The Balaban J connectivity index is 4.19. The number of nitrogens with zero attached hydrogens (tertiary/aromatic N) is 1. The molecule has 0 unspecified atom stereocenters. The Morgan fingerprint density at radius 2 is 0.939 bits per heavy atom. The zero-order chi connectivity index (χ0) is 35.7. The number of carbonyl (C=O) groups excluding carboxylic acids is 1. The lowest BCUT2D eigenvalue weighted by atomic mass is 10.1. The van der Waals surface area contributed by atoms with Gasteiger partial charge < -0.3 is 16.0 Å². The van der Waals surface area contributed by atoms with E-state index in [1.54, 1.807) is 0 Å². The molecule has 0 fully saturated rings. The van der Waals surface area contributed by atoms with Gasteiger partial charge in [0.15, 0.2) is 0 Å². The molecule has 1 amide bonds. The molecule has 0 rings (SSSR count). The molecule has 284 valence electrons. The van der Waals surface area contributed by atoms with Crippen LogP contribution in [0.15, 0.2) is 60.9 Å². The molecule has 4 nitrogen and oxygen atoms in total. The Bertz CT molecular complexity index is 779. The maximum absolute atomic E-state index is 13.2. The largest absolute Gasteiger partial charge is 0.388 e. The number of nitrogens with two attached hydrogens (primary N) is 1. The summed E-state index contributed by atoms with van der Waals surface area (Å²) in [4.78, 5) is 15.3. The van der Waals surface area contributed by atoms with Crippen LogP contribution in [0.2, 0.25) is 0 Å². The molecule has 0 atom stereocenters. The number of unbranched alkanes of at least 4 members (excludes halogenated alkanes) is 19. The standard InChI is InChI=1S/C45H83N3O/c1-4-6-8-10-12-14-16-18-20-22-24-26-28-30-32-36-42-48(45(49)39-41-47-44(3)38-34-35-40-46)43-37-33-31-29-27-25-23-21-19-17-15-13-11-9-7-5-2/h12-15,18-21,47H,3-11,16-17,22-43,46H2,1-2H3/b14-12-,15-13-,20-18-,21-19-. The van der Waals surface area contributed by atoms with E-state index in [0.29, 0.717) is 18.9 Å². The molecule has 0 saturated carbocycles. The molecular weight excluding hydrogens is 599 g/mol. The van der Waals surface area contributed by atoms with E-state index >= 15 is 0 Å². The SMILES string of the molecule is C=C(CCCCN)NCCC(=O)N(CCCCCCCC/C=C\C/C=C\CCCCC)CCCCCCCC/C=C\C/C=C\CCCCC. The molecule has 0 aromatic carbocycles. The Labute approximate surface area is 306 Å². The first-order chi connectivity index (χ1) is 24.2. The molecule has 0 aliphatic carbocycles. The third kappa shape index (κ3) is 37.0. The normalized spacial score (nSPS) is 12.0. The van der Waals surface area contributed by atoms with Crippen LogP contribution in [0.1, 0.15) is 194 Å². The van der Waals surface area contributed by atoms with E-state index in [-0.39, 0.29) is 0 Å². The van der Waals surface area contributed by atoms with Gasteiger partial charge in [-0.3, -0.25) is 4.79 Å². The van der Waals surface area contributed by atoms with Crippen molar-refractivity contribution in [3.05, 3.63) is 60.9 Å². The van der Waals surface area contributed by atoms with E-state index in [1.165, 1.54) is 128 Å². The molecule has 0 saturated heterocycles. The molecular formula is C45H83N3O. The number of hydrogen-bond donors (Lipinski definition) is 2. The first-order valence-corrected chi connectivity index (χ1v) is 21.1. The monoisotopic (exact) mass is 682 g/mol. The minimum Gasteiger partial charge on any atom is -0.388 e. The zero-order valence-electron chi connectivity index (χ0n) is 32.9. The topological polar surface area (TPSA) is 58.4 Å². The number of rotatable bonds is 38. The Kier molecular flexibility index (Phi) is 38.7. The van der Waals surface area contributed by atoms with Crippen molar-refractivity contribution in [2.75, 3.05) is 26.2 Å². The predicted molar refractivity (Wildman–Crippen MR) is 220 cm³/mol. The fourth-order valence-corrected chi connectivity index (χ4v) is 6.02. The summed E-state index contributed by atoms with van der Waals surface area (Å²) in [7, 11) is 0. The first-order valence-electron chi connectivity index (χ1n) is 21.1. The van der Waals surface area contributed by atoms with Gasteiger partial charge in [0, 0.05) is 31.8 Å². The van der Waals surface area contributed by atoms with Crippen LogP contribution in [-0.2, 0) is 4.79 Å². The van der Waals surface area contributed by atoms with E-state index in [4.69, 9.17) is 5.73 Å². The second-order valence-corrected chi connectivity index (χ2v) is 14.1. The first kappa shape index (κ1) is 46.9. The van der Waals surface area contributed by atoms with Gasteiger partial charge in [-0.05, 0) is 103 Å². The third-order valence-electron chi connectivity index (χ3n) is 9.26. The van der Waals surface area contributed by atoms with Crippen LogP contribution < -0.4 is 11.1 Å². The highest BCUT2D eigenvalue weighted by Gasteiger charge is 2.13. The van der Waals surface area contributed by atoms with E-state index in [0.717, 1.165) is 70.3 Å². The van der Waals surface area contributed by atoms with Gasteiger partial charge in [-0.25, -0.2) is 0 Å². The van der Waals surface area contributed by atoms with Gasteiger partial charge in [-0.2, -0.15) is 0 Å². The average molecular weight is 682 g/mol. The molecule has 4 heteroatoms. The Hall–Kier alpha value is -2.07. The van der Waals surface area contributed by atoms with Crippen LogP contribution in [0.25, 0.3) is 0 Å². The molecule has 0 spiro atoms. The molecule has 0 aliphatic rings. The highest BCUT2D eigenvalue weighted by molar-refractivity contribution is 5.76. The lowest BCUT2D eigenvalue weighted by Crippen LogP contribution is -2.34. The maximum atomic E-state index is 13.2. The summed E-state index contributed by atoms with van der Waals surface area (Å²) < 4.78 is 0. The molecule has 0 aliphatic heterocycles. The number of allylic oxidation sites excluding steroid dienone is 9. The van der Waals surface area contributed by atoms with Gasteiger partial charge >= 0.3 is 0 Å². The molecule has 0 heterocycles. The number of amides is 1. The van der Waals surface area contributed by atoms with Crippen LogP contribution in [0, 0.1) is 0 Å². The minimum atomic E-state index is 0.299. The van der Waals surface area contributed by atoms with Gasteiger partial charge in [-0.15, -0.1) is 0 Å². The lowest BCUT2D eigenvalue weighted by molar-refractivity contribution is -0.131. The highest BCUT2D eigenvalue weighted by Crippen LogP contribution is 2.12. The van der Waals surface area contributed by atoms with Crippen molar-refractivity contribution in [3.8, 4) is 0 Å². The summed E-state index contributed by atoms with van der Waals surface area (Å²) in [5, 5.41) is 3.38. The Morgan fingerprint density at radius 3 is 1.37 bits per heavy atom. The summed E-state index contributed by atoms with van der Waals surface area (Å²) >= 11 is 0. The van der Waals surface area contributed by atoms with Crippen molar-refractivity contribution in [2.45, 2.75) is 194 Å². The molecule has 49 heavy (non-hydrogen) atoms. The third-order valence-corrected chi connectivity index (χ3v) is 9.26. The van der Waals surface area contributed by atoms with Crippen molar-refractivity contribution < 1.29 is 4.79 Å². The van der Waals surface area contributed by atoms with Crippen LogP contribution in [0.5, 0.6) is 0 Å². The Morgan fingerprint density at radius 1 is 0.531 bits per heavy atom. The minimum absolute atomic E-state index is 0.299. The van der Waals surface area contributed by atoms with Crippen molar-refractivity contribution in [3.63, 3.8) is 0 Å². The average Bonchev–Trinajstić information content (AvgIpc) is 3.10. The van der Waals surface area contributed by atoms with Crippen LogP contribution in [0.3, 0.4) is 0 Å². The number of carbonyl (C=O) groups is 1. The number of nitrogens with one attached hydrogen (secondary N) is 1. The van der Waals surface area contributed by atoms with E-state index in [2.05, 4.69) is 79.3 Å². The summed E-state index contributed by atoms with van der Waals surface area (Å²) in [5.74, 6) is 0.299. The number of hydrogen-bond acceptors (Lipinski definition) is 3. The van der Waals surface area contributed by atoms with Crippen LogP contribution >= 0.6 is 0 Å².